The average molecular weight is 620 g/mol. The summed E-state index contributed by atoms with van der Waals surface area (Å²) < 4.78 is 23.8. The SMILES string of the molecule is CC(=O)OC(C1CCC2C(O1)C(=O)C1(N)C3CCC4C(C)(C)C(OC(CO)OCC=O)CCC45CC35CCC21C)C(C)(C)O. The lowest BCUT2D eigenvalue weighted by atomic mass is 9.44. The van der Waals surface area contributed by atoms with Gasteiger partial charge < -0.3 is 39.7 Å². The minimum absolute atomic E-state index is 0.00668. The van der Waals surface area contributed by atoms with Gasteiger partial charge in [0.05, 0.1) is 30.0 Å². The maximum absolute atomic E-state index is 14.6. The lowest BCUT2D eigenvalue weighted by molar-refractivity contribution is -0.235. The fourth-order valence-corrected chi connectivity index (χ4v) is 11.9. The first kappa shape index (κ1) is 32.5. The summed E-state index contributed by atoms with van der Waals surface area (Å²) in [4.78, 5) is 37.4. The van der Waals surface area contributed by atoms with Crippen molar-refractivity contribution in [2.24, 2.45) is 45.1 Å². The second-order valence-corrected chi connectivity index (χ2v) is 16.4. The first-order chi connectivity index (χ1) is 20.5. The molecule has 1 aliphatic heterocycles. The highest BCUT2D eigenvalue weighted by molar-refractivity contribution is 5.97. The molecule has 0 aromatic heterocycles. The molecule has 10 heteroatoms. The highest BCUT2D eigenvalue weighted by Crippen LogP contribution is 2.87. The number of aldehydes is 1. The summed E-state index contributed by atoms with van der Waals surface area (Å²) in [5, 5.41) is 20.7. The molecular formula is C34H53NO9. The third kappa shape index (κ3) is 4.30. The quantitative estimate of drug-likeness (QED) is 0.199. The van der Waals surface area contributed by atoms with Crippen molar-refractivity contribution >= 4 is 18.0 Å². The minimum Gasteiger partial charge on any atom is -0.457 e. The number of rotatable bonds is 9. The molecule has 44 heavy (non-hydrogen) atoms. The predicted octanol–water partition coefficient (Wildman–Crippen LogP) is 3.07. The van der Waals surface area contributed by atoms with Gasteiger partial charge in [-0.15, -0.1) is 0 Å². The van der Waals surface area contributed by atoms with Crippen LogP contribution in [-0.2, 0) is 33.3 Å². The summed E-state index contributed by atoms with van der Waals surface area (Å²) in [6.45, 7) is 10.9. The molecule has 5 saturated carbocycles. The fourth-order valence-electron chi connectivity index (χ4n) is 11.9. The maximum atomic E-state index is 14.6. The van der Waals surface area contributed by atoms with Crippen molar-refractivity contribution in [3.8, 4) is 0 Å². The van der Waals surface area contributed by atoms with E-state index in [0.717, 1.165) is 51.4 Å². The molecule has 10 nitrogen and oxygen atoms in total. The van der Waals surface area contributed by atoms with Crippen LogP contribution in [0.15, 0.2) is 0 Å². The molecule has 5 aliphatic carbocycles. The Kier molecular flexibility index (Phi) is 7.79. The van der Waals surface area contributed by atoms with E-state index in [1.165, 1.54) is 6.92 Å². The van der Waals surface area contributed by atoms with E-state index in [1.807, 2.05) is 0 Å². The van der Waals surface area contributed by atoms with E-state index >= 15 is 0 Å². The lowest BCUT2D eigenvalue weighted by Crippen LogP contribution is -2.68. The standard InChI is InChI=1S/C34H53NO9/c1-19(38)42-28(30(4,5)40)21-8-7-20-26(43-21)27(39)34(35)23-10-9-22-29(2,3)24(44-25(17-37)41-16-15-36)11-12-32(22)18-33(23,32)14-13-31(20,34)6/h15,20-26,28,37,40H,7-14,16-18,35H2,1-6H3. The Hall–Kier alpha value is -1.43. The van der Waals surface area contributed by atoms with Gasteiger partial charge in [-0.3, -0.25) is 9.59 Å². The highest BCUT2D eigenvalue weighted by Gasteiger charge is 2.85. The first-order valence-electron chi connectivity index (χ1n) is 16.7. The van der Waals surface area contributed by atoms with Crippen LogP contribution in [-0.4, -0.2) is 83.3 Å². The molecule has 248 valence electrons. The van der Waals surface area contributed by atoms with E-state index in [-0.39, 0.29) is 53.2 Å². The summed E-state index contributed by atoms with van der Waals surface area (Å²) in [7, 11) is 0. The number of nitrogens with two attached hydrogens (primary N) is 1. The summed E-state index contributed by atoms with van der Waals surface area (Å²) in [6.07, 6.45) is 5.55. The molecule has 0 amide bonds. The van der Waals surface area contributed by atoms with Gasteiger partial charge >= 0.3 is 5.97 Å². The van der Waals surface area contributed by atoms with Crippen LogP contribution < -0.4 is 5.73 Å². The molecule has 12 unspecified atom stereocenters. The second-order valence-electron chi connectivity index (χ2n) is 16.4. The van der Waals surface area contributed by atoms with Gasteiger partial charge in [0.25, 0.3) is 0 Å². The number of hydrogen-bond acceptors (Lipinski definition) is 10. The molecule has 0 radical (unpaired) electrons. The molecule has 4 N–H and O–H groups in total. The summed E-state index contributed by atoms with van der Waals surface area (Å²) in [6, 6.07) is 0. The van der Waals surface area contributed by atoms with Gasteiger partial charge in [0, 0.05) is 6.92 Å². The number of aliphatic hydroxyl groups is 2. The van der Waals surface area contributed by atoms with E-state index in [4.69, 9.17) is 24.7 Å². The average Bonchev–Trinajstić information content (AvgIpc) is 3.59. The lowest BCUT2D eigenvalue weighted by Gasteiger charge is -2.62. The smallest absolute Gasteiger partial charge is 0.303 e. The second kappa shape index (κ2) is 10.5. The zero-order valence-electron chi connectivity index (χ0n) is 27.3. The molecule has 6 aliphatic rings. The third-order valence-electron chi connectivity index (χ3n) is 13.8. The van der Waals surface area contributed by atoms with Crippen molar-refractivity contribution in [2.75, 3.05) is 13.2 Å². The maximum Gasteiger partial charge on any atom is 0.303 e. The highest BCUT2D eigenvalue weighted by atomic mass is 16.7. The van der Waals surface area contributed by atoms with Crippen LogP contribution in [0.4, 0.5) is 0 Å². The van der Waals surface area contributed by atoms with Crippen LogP contribution in [0.2, 0.25) is 0 Å². The van der Waals surface area contributed by atoms with E-state index in [2.05, 4.69) is 20.8 Å². The van der Waals surface area contributed by atoms with Gasteiger partial charge in [-0.2, -0.15) is 0 Å². The number of carbonyl (C=O) groups excluding carboxylic acids is 3. The number of esters is 1. The molecule has 2 spiro atoms. The molecule has 6 rings (SSSR count). The zero-order chi connectivity index (χ0) is 32.1. The summed E-state index contributed by atoms with van der Waals surface area (Å²) in [5.41, 5.74) is 4.75. The molecule has 6 fully saturated rings. The van der Waals surface area contributed by atoms with Crippen LogP contribution in [0, 0.1) is 39.4 Å². The topological polar surface area (TPSA) is 155 Å². The number of ether oxygens (including phenoxy) is 4. The van der Waals surface area contributed by atoms with Gasteiger partial charge in [-0.1, -0.05) is 20.8 Å². The predicted molar refractivity (Wildman–Crippen MR) is 159 cm³/mol. The number of aliphatic hydroxyl groups excluding tert-OH is 1. The number of Topliss-reactive ketones (excluding diaryl/α,β-unsaturated/α-hetero) is 1. The molecule has 0 aromatic carbocycles. The normalized spacial score (nSPS) is 46.8. The van der Waals surface area contributed by atoms with Crippen molar-refractivity contribution in [1.29, 1.82) is 0 Å². The number of hydrogen-bond donors (Lipinski definition) is 3. The Morgan fingerprint density at radius 3 is 2.41 bits per heavy atom. The Labute approximate surface area is 261 Å². The summed E-state index contributed by atoms with van der Waals surface area (Å²) >= 11 is 0. The van der Waals surface area contributed by atoms with Gasteiger partial charge in [0.2, 0.25) is 0 Å². The third-order valence-corrected chi connectivity index (χ3v) is 13.8. The molecule has 0 bridgehead atoms. The number of ketones is 1. The molecule has 0 aromatic rings. The van der Waals surface area contributed by atoms with Crippen LogP contribution in [0.3, 0.4) is 0 Å². The van der Waals surface area contributed by atoms with Crippen LogP contribution in [0.5, 0.6) is 0 Å². The number of carbonyl (C=O) groups is 3. The van der Waals surface area contributed by atoms with Gasteiger partial charge in [-0.05, 0) is 111 Å². The Bertz CT molecular complexity index is 1180. The largest absolute Gasteiger partial charge is 0.457 e. The van der Waals surface area contributed by atoms with Crippen LogP contribution in [0.1, 0.15) is 99.3 Å². The fraction of sp³-hybridized carbons (Fsp3) is 0.912. The number of fused-ring (bicyclic) bond motifs is 4. The monoisotopic (exact) mass is 619 g/mol. The van der Waals surface area contributed by atoms with Crippen LogP contribution in [0.25, 0.3) is 0 Å². The van der Waals surface area contributed by atoms with Gasteiger partial charge in [0.15, 0.2) is 18.2 Å². The van der Waals surface area contributed by atoms with Crippen molar-refractivity contribution in [2.45, 2.75) is 141 Å². The Morgan fingerprint density at radius 1 is 1.09 bits per heavy atom. The Balaban J connectivity index is 1.25. The molecule has 1 heterocycles. The Morgan fingerprint density at radius 2 is 1.77 bits per heavy atom. The van der Waals surface area contributed by atoms with Crippen LogP contribution >= 0.6 is 0 Å². The van der Waals surface area contributed by atoms with Crippen molar-refractivity contribution in [1.82, 2.24) is 0 Å². The van der Waals surface area contributed by atoms with Crippen molar-refractivity contribution in [3.63, 3.8) is 0 Å². The van der Waals surface area contributed by atoms with E-state index in [1.54, 1.807) is 13.8 Å². The van der Waals surface area contributed by atoms with Crippen molar-refractivity contribution in [3.05, 3.63) is 0 Å². The summed E-state index contributed by atoms with van der Waals surface area (Å²) in [5.74, 6) is -0.0519. The molecule has 12 atom stereocenters. The van der Waals surface area contributed by atoms with Crippen molar-refractivity contribution < 1.29 is 43.5 Å². The van der Waals surface area contributed by atoms with Gasteiger partial charge in [0.1, 0.15) is 19.0 Å². The first-order valence-corrected chi connectivity index (χ1v) is 16.7. The van der Waals surface area contributed by atoms with E-state index in [0.29, 0.717) is 18.6 Å². The van der Waals surface area contributed by atoms with Gasteiger partial charge in [-0.25, -0.2) is 0 Å². The molecule has 1 saturated heterocycles. The molecular weight excluding hydrogens is 566 g/mol. The minimum atomic E-state index is -1.32. The zero-order valence-corrected chi connectivity index (χ0v) is 27.3. The van der Waals surface area contributed by atoms with E-state index in [9.17, 15) is 24.6 Å². The van der Waals surface area contributed by atoms with E-state index < -0.39 is 47.1 Å².